The van der Waals surface area contributed by atoms with E-state index in [1.807, 2.05) is 30.3 Å². The van der Waals surface area contributed by atoms with Gasteiger partial charge < -0.3 is 14.3 Å². The van der Waals surface area contributed by atoms with Crippen molar-refractivity contribution in [2.45, 2.75) is 0 Å². The first-order valence-electron chi connectivity index (χ1n) is 7.23. The largest absolute Gasteiger partial charge is 0.508 e. The molecule has 6 nitrogen and oxygen atoms in total. The van der Waals surface area contributed by atoms with Gasteiger partial charge in [0.1, 0.15) is 17.6 Å². The maximum atomic E-state index is 12.4. The van der Waals surface area contributed by atoms with Crippen LogP contribution in [0.4, 0.5) is 0 Å². The Kier molecular flexibility index (Phi) is 3.28. The highest BCUT2D eigenvalue weighted by Crippen LogP contribution is 2.23. The molecular weight excluding hydrogens is 308 g/mol. The number of benzene rings is 2. The fourth-order valence-corrected chi connectivity index (χ4v) is 2.38. The molecule has 0 atom stereocenters. The first-order valence-corrected chi connectivity index (χ1v) is 7.23. The molecule has 0 fully saturated rings. The molecule has 0 spiro atoms. The van der Waals surface area contributed by atoms with E-state index in [1.165, 1.54) is 30.7 Å². The summed E-state index contributed by atoms with van der Waals surface area (Å²) in [6, 6.07) is 13.9. The molecule has 0 aliphatic carbocycles. The number of aromatic nitrogens is 2. The summed E-state index contributed by atoms with van der Waals surface area (Å²) in [5.41, 5.74) is 0.865. The first kappa shape index (κ1) is 14.1. The van der Waals surface area contributed by atoms with Crippen LogP contribution in [0.15, 0.2) is 76.4 Å². The van der Waals surface area contributed by atoms with Crippen molar-refractivity contribution in [1.82, 2.24) is 9.78 Å². The second-order valence-electron chi connectivity index (χ2n) is 5.17. The Morgan fingerprint density at radius 2 is 1.96 bits per heavy atom. The fraction of sp³-hybridized carbons (Fsp3) is 0. The highest BCUT2D eigenvalue weighted by Gasteiger charge is 2.11. The number of rotatable bonds is 3. The highest BCUT2D eigenvalue weighted by molar-refractivity contribution is 5.78. The lowest BCUT2D eigenvalue weighted by molar-refractivity contribution is 0.449. The van der Waals surface area contributed by atoms with Crippen LogP contribution < -0.4 is 10.2 Å². The van der Waals surface area contributed by atoms with Gasteiger partial charge in [0.25, 0.3) is 0 Å². The van der Waals surface area contributed by atoms with E-state index in [2.05, 4.69) is 5.10 Å². The predicted molar refractivity (Wildman–Crippen MR) is 87.8 cm³/mol. The predicted octanol–water partition coefficient (Wildman–Crippen LogP) is 3.48. The lowest BCUT2D eigenvalue weighted by atomic mass is 10.2. The van der Waals surface area contributed by atoms with Crippen molar-refractivity contribution in [1.29, 1.82) is 0 Å². The number of nitrogens with zero attached hydrogens (tertiary/aromatic N) is 2. The minimum Gasteiger partial charge on any atom is -0.508 e. The zero-order chi connectivity index (χ0) is 16.5. The molecule has 0 amide bonds. The van der Waals surface area contributed by atoms with Gasteiger partial charge in [-0.15, -0.1) is 0 Å². The molecule has 2 aromatic heterocycles. The average Bonchev–Trinajstić information content (AvgIpc) is 3.07. The summed E-state index contributed by atoms with van der Waals surface area (Å²) < 4.78 is 12.6. The highest BCUT2D eigenvalue weighted by atomic mass is 16.5. The van der Waals surface area contributed by atoms with Crippen LogP contribution >= 0.6 is 0 Å². The smallest absolute Gasteiger partial charge is 0.235 e. The topological polar surface area (TPSA) is 77.5 Å². The molecule has 2 heterocycles. The van der Waals surface area contributed by atoms with Crippen molar-refractivity contribution in [3.05, 3.63) is 77.4 Å². The number of fused-ring (bicyclic) bond motifs is 1. The van der Waals surface area contributed by atoms with Crippen molar-refractivity contribution >= 4 is 11.0 Å². The zero-order valence-electron chi connectivity index (χ0n) is 12.4. The average molecular weight is 320 g/mol. The van der Waals surface area contributed by atoms with Gasteiger partial charge >= 0.3 is 0 Å². The maximum Gasteiger partial charge on any atom is 0.235 e. The summed E-state index contributed by atoms with van der Waals surface area (Å²) in [6.07, 6.45) is 4.42. The van der Waals surface area contributed by atoms with Gasteiger partial charge in [0, 0.05) is 6.07 Å². The van der Waals surface area contributed by atoms with Crippen molar-refractivity contribution in [2.24, 2.45) is 0 Å². The Bertz CT molecular complexity index is 1070. The van der Waals surface area contributed by atoms with Crippen LogP contribution in [0, 0.1) is 0 Å². The number of para-hydroxylation sites is 1. The van der Waals surface area contributed by atoms with Crippen molar-refractivity contribution < 1.29 is 14.3 Å². The molecule has 118 valence electrons. The molecule has 4 rings (SSSR count). The third-order valence-corrected chi connectivity index (χ3v) is 3.53. The summed E-state index contributed by atoms with van der Waals surface area (Å²) in [6.45, 7) is 0. The molecule has 0 aliphatic rings. The molecule has 0 unspecified atom stereocenters. The summed E-state index contributed by atoms with van der Waals surface area (Å²) in [7, 11) is 0. The molecule has 2 aromatic carbocycles. The summed E-state index contributed by atoms with van der Waals surface area (Å²) in [4.78, 5) is 12.4. The van der Waals surface area contributed by atoms with E-state index in [0.717, 1.165) is 5.69 Å². The van der Waals surface area contributed by atoms with Crippen LogP contribution in [0.2, 0.25) is 0 Å². The van der Waals surface area contributed by atoms with E-state index < -0.39 is 0 Å². The van der Waals surface area contributed by atoms with Gasteiger partial charge in [0.2, 0.25) is 11.2 Å². The third-order valence-electron chi connectivity index (χ3n) is 3.53. The van der Waals surface area contributed by atoms with Gasteiger partial charge in [-0.25, -0.2) is 4.68 Å². The van der Waals surface area contributed by atoms with Crippen LogP contribution in [-0.2, 0) is 0 Å². The molecule has 24 heavy (non-hydrogen) atoms. The van der Waals surface area contributed by atoms with Crippen LogP contribution in [0.3, 0.4) is 0 Å². The SMILES string of the molecule is O=c1c(Oc2cnn(-c3ccccc3)c2)coc2cc(O)ccc12. The van der Waals surface area contributed by atoms with E-state index in [0.29, 0.717) is 16.7 Å². The Morgan fingerprint density at radius 1 is 1.12 bits per heavy atom. The Balaban J connectivity index is 1.68. The summed E-state index contributed by atoms with van der Waals surface area (Å²) >= 11 is 0. The molecule has 0 radical (unpaired) electrons. The minimum absolute atomic E-state index is 0.0310. The number of phenols is 1. The van der Waals surface area contributed by atoms with Gasteiger partial charge in [-0.3, -0.25) is 4.79 Å². The lowest BCUT2D eigenvalue weighted by Crippen LogP contribution is -2.04. The molecule has 0 aliphatic heterocycles. The van der Waals surface area contributed by atoms with Gasteiger partial charge in [-0.1, -0.05) is 18.2 Å². The lowest BCUT2D eigenvalue weighted by Gasteiger charge is -2.03. The van der Waals surface area contributed by atoms with Crippen molar-refractivity contribution in [3.8, 4) is 22.9 Å². The van der Waals surface area contributed by atoms with Gasteiger partial charge in [-0.2, -0.15) is 5.10 Å². The normalized spacial score (nSPS) is 10.8. The quantitative estimate of drug-likeness (QED) is 0.625. The molecule has 4 aromatic rings. The van der Waals surface area contributed by atoms with Crippen LogP contribution in [0.25, 0.3) is 16.7 Å². The Morgan fingerprint density at radius 3 is 2.79 bits per heavy atom. The van der Waals surface area contributed by atoms with Gasteiger partial charge in [0.05, 0.1) is 23.5 Å². The number of hydrogen-bond donors (Lipinski definition) is 1. The number of ether oxygens (including phenoxy) is 1. The van der Waals surface area contributed by atoms with E-state index in [9.17, 15) is 9.90 Å². The van der Waals surface area contributed by atoms with Crippen molar-refractivity contribution in [2.75, 3.05) is 0 Å². The molecule has 0 saturated heterocycles. The van der Waals surface area contributed by atoms with E-state index in [1.54, 1.807) is 10.9 Å². The second kappa shape index (κ2) is 5.58. The third kappa shape index (κ3) is 2.50. The van der Waals surface area contributed by atoms with Gasteiger partial charge in [0.15, 0.2) is 5.75 Å². The zero-order valence-corrected chi connectivity index (χ0v) is 12.4. The van der Waals surface area contributed by atoms with Crippen molar-refractivity contribution in [3.63, 3.8) is 0 Å². The standard InChI is InChI=1S/C18H12N2O4/c21-13-6-7-15-16(8-13)23-11-17(18(15)22)24-14-9-19-20(10-14)12-4-2-1-3-5-12/h1-11,21H. The molecule has 6 heteroatoms. The molecule has 0 saturated carbocycles. The Labute approximate surface area is 136 Å². The fourth-order valence-electron chi connectivity index (χ4n) is 2.38. The second-order valence-corrected chi connectivity index (χ2v) is 5.17. The Hall–Kier alpha value is -3.54. The maximum absolute atomic E-state index is 12.4. The van der Waals surface area contributed by atoms with Gasteiger partial charge in [-0.05, 0) is 24.3 Å². The van der Waals surface area contributed by atoms with E-state index in [-0.39, 0.29) is 16.9 Å². The first-order chi connectivity index (χ1) is 11.7. The van der Waals surface area contributed by atoms with Crippen LogP contribution in [0.1, 0.15) is 0 Å². The van der Waals surface area contributed by atoms with E-state index >= 15 is 0 Å². The number of hydrogen-bond acceptors (Lipinski definition) is 5. The number of aromatic hydroxyl groups is 1. The minimum atomic E-state index is -0.316. The molecule has 0 bridgehead atoms. The summed E-state index contributed by atoms with van der Waals surface area (Å²) in [5, 5.41) is 14.0. The van der Waals surface area contributed by atoms with Crippen LogP contribution in [-0.4, -0.2) is 14.9 Å². The molecular formula is C18H12N2O4. The van der Waals surface area contributed by atoms with E-state index in [4.69, 9.17) is 9.15 Å². The molecule has 1 N–H and O–H groups in total. The monoisotopic (exact) mass is 320 g/mol. The number of phenolic OH excluding ortho intramolecular Hbond substituents is 1. The van der Waals surface area contributed by atoms with Crippen LogP contribution in [0.5, 0.6) is 17.2 Å². The summed E-state index contributed by atoms with van der Waals surface area (Å²) in [5.74, 6) is 0.508.